The number of fused-ring (bicyclic) bond motifs is 2. The second kappa shape index (κ2) is 19.9. The molecule has 0 unspecified atom stereocenters. The molecule has 0 bridgehead atoms. The minimum atomic E-state index is -0.942. The van der Waals surface area contributed by atoms with Crippen molar-refractivity contribution < 1.29 is 79.0 Å². The maximum absolute atomic E-state index is 12.2. The van der Waals surface area contributed by atoms with Crippen molar-refractivity contribution in [1.29, 1.82) is 0 Å². The number of ketones is 2. The molecule has 4 heterocycles. The molecule has 8 N–H and O–H groups in total. The number of methoxy groups -OCH3 is 2. The number of benzene rings is 4. The summed E-state index contributed by atoms with van der Waals surface area (Å²) in [5.74, 6) is -2.70. The van der Waals surface area contributed by atoms with Crippen LogP contribution in [0.2, 0.25) is 0 Å². The van der Waals surface area contributed by atoms with E-state index in [4.69, 9.17) is 29.2 Å². The Morgan fingerprint density at radius 1 is 0.565 bits per heavy atom. The van der Waals surface area contributed by atoms with Crippen LogP contribution in [0.1, 0.15) is 77.6 Å². The number of carbonyl (C=O) groups is 4. The Hall–Kier alpha value is -8.54. The molecule has 62 heavy (non-hydrogen) atoms. The monoisotopic (exact) mass is 850 g/mol. The topological polar surface area (TPSA) is 293 Å². The number of aromatic hydroxyl groups is 6. The van der Waals surface area contributed by atoms with Crippen LogP contribution in [-0.4, -0.2) is 88.5 Å². The Kier molecular flexibility index (Phi) is 14.3. The van der Waals surface area contributed by atoms with Crippen LogP contribution in [-0.2, 0) is 0 Å². The minimum absolute atomic E-state index is 0.0249. The van der Waals surface area contributed by atoms with E-state index >= 15 is 0 Å². The summed E-state index contributed by atoms with van der Waals surface area (Å²) < 4.78 is 21.3. The lowest BCUT2D eigenvalue weighted by molar-refractivity contribution is 0.0685. The summed E-state index contributed by atoms with van der Waals surface area (Å²) in [7, 11) is 2.88. The van der Waals surface area contributed by atoms with Gasteiger partial charge in [-0.05, 0) is 59.7 Å². The molecule has 320 valence electrons. The van der Waals surface area contributed by atoms with Gasteiger partial charge in [0.05, 0.1) is 38.2 Å². The lowest BCUT2D eigenvalue weighted by Crippen LogP contribution is -2.20. The number of aromatic carboxylic acids is 2. The number of hydrogen-bond donors (Lipinski definition) is 8. The number of pyridine rings is 2. The van der Waals surface area contributed by atoms with E-state index in [2.05, 4.69) is 9.97 Å². The van der Waals surface area contributed by atoms with Crippen molar-refractivity contribution in [2.75, 3.05) is 14.2 Å². The van der Waals surface area contributed by atoms with E-state index in [9.17, 15) is 49.8 Å². The van der Waals surface area contributed by atoms with Crippen LogP contribution in [0, 0.1) is 0 Å². The zero-order valence-electron chi connectivity index (χ0n) is 32.7. The highest BCUT2D eigenvalue weighted by Crippen LogP contribution is 2.44. The first kappa shape index (κ1) is 44.6. The average Bonchev–Trinajstić information content (AvgIpc) is 3.24. The van der Waals surface area contributed by atoms with Gasteiger partial charge in [0.25, 0.3) is 0 Å². The van der Waals surface area contributed by atoms with Crippen molar-refractivity contribution in [3.8, 4) is 57.5 Å². The molecule has 0 spiro atoms. The minimum Gasteiger partial charge on any atom is -0.508 e. The number of carboxylic acids is 2. The Balaban J connectivity index is 0.000000169. The number of Topliss-reactive ketones (excluding diaryl/α,β-unsaturated/α-hetero) is 2. The standard InChI is InChI=1S/2C16H14O6.2C6H5NO2/c2*1-21-13-3-2-8(4-10(13)18)14-7-12(20)16-11(19)5-9(17)6-15(16)22-14;2*8-6(9)5-2-1-3-7-4-5/h2*2-6,14,17-19H,7H2,1H3;2*1-4H,(H,8,9)/t2*14-;;/m10../s1. The number of carboxylic acid groups (broad SMARTS) is 2. The van der Waals surface area contributed by atoms with Gasteiger partial charge in [0.1, 0.15) is 57.8 Å². The molecule has 18 nitrogen and oxygen atoms in total. The lowest BCUT2D eigenvalue weighted by atomic mass is 9.95. The molecule has 6 aromatic rings. The van der Waals surface area contributed by atoms with E-state index in [-0.39, 0.29) is 92.7 Å². The highest BCUT2D eigenvalue weighted by atomic mass is 16.5. The Morgan fingerprint density at radius 2 is 0.952 bits per heavy atom. The summed E-state index contributed by atoms with van der Waals surface area (Å²) in [5, 5.41) is 74.9. The summed E-state index contributed by atoms with van der Waals surface area (Å²) in [6.45, 7) is 0. The maximum atomic E-state index is 12.2. The molecule has 2 aromatic heterocycles. The number of rotatable bonds is 6. The second-order valence-electron chi connectivity index (χ2n) is 13.1. The fourth-order valence-corrected chi connectivity index (χ4v) is 6.02. The predicted octanol–water partition coefficient (Wildman–Crippen LogP) is 6.60. The van der Waals surface area contributed by atoms with E-state index in [0.717, 1.165) is 12.1 Å². The van der Waals surface area contributed by atoms with Crippen molar-refractivity contribution in [3.63, 3.8) is 0 Å². The summed E-state index contributed by atoms with van der Waals surface area (Å²) in [6, 6.07) is 20.4. The fraction of sp³-hybridized carbons (Fsp3) is 0.136. The molecule has 2 aliphatic rings. The number of phenolic OH excluding ortho intramolecular Hbond substituents is 6. The summed E-state index contributed by atoms with van der Waals surface area (Å²) in [5.41, 5.74) is 1.76. The average molecular weight is 851 g/mol. The number of nitrogens with zero attached hydrogens (tertiary/aromatic N) is 2. The summed E-state index contributed by atoms with van der Waals surface area (Å²) in [4.78, 5) is 52.0. The molecular weight excluding hydrogens is 812 g/mol. The predicted molar refractivity (Wildman–Crippen MR) is 216 cm³/mol. The van der Waals surface area contributed by atoms with E-state index in [1.807, 2.05) is 0 Å². The van der Waals surface area contributed by atoms with Crippen LogP contribution < -0.4 is 18.9 Å². The Morgan fingerprint density at radius 3 is 1.24 bits per heavy atom. The van der Waals surface area contributed by atoms with Crippen molar-refractivity contribution in [2.45, 2.75) is 25.0 Å². The quantitative estimate of drug-likeness (QED) is 0.0876. The number of phenols is 6. The number of aromatic nitrogens is 2. The van der Waals surface area contributed by atoms with Crippen LogP contribution in [0.25, 0.3) is 0 Å². The third-order valence-corrected chi connectivity index (χ3v) is 8.94. The van der Waals surface area contributed by atoms with Crippen LogP contribution in [0.15, 0.2) is 110 Å². The van der Waals surface area contributed by atoms with Crippen molar-refractivity contribution in [1.82, 2.24) is 9.97 Å². The van der Waals surface area contributed by atoms with E-state index < -0.39 is 24.1 Å². The number of hydrogen-bond acceptors (Lipinski definition) is 16. The molecular formula is C44H38N2O16. The van der Waals surface area contributed by atoms with E-state index in [1.54, 1.807) is 36.4 Å². The van der Waals surface area contributed by atoms with Gasteiger partial charge in [0.2, 0.25) is 0 Å². The first-order valence-electron chi connectivity index (χ1n) is 18.1. The normalized spacial score (nSPS) is 14.5. The summed E-state index contributed by atoms with van der Waals surface area (Å²) in [6.07, 6.45) is 4.51. The molecule has 2 atom stereocenters. The van der Waals surface area contributed by atoms with Gasteiger partial charge in [0.15, 0.2) is 34.6 Å². The molecule has 0 radical (unpaired) electrons. The molecule has 2 aliphatic heterocycles. The molecule has 18 heteroatoms. The maximum Gasteiger partial charge on any atom is 0.337 e. The van der Waals surface area contributed by atoms with Gasteiger partial charge >= 0.3 is 11.9 Å². The van der Waals surface area contributed by atoms with Gasteiger partial charge in [-0.25, -0.2) is 9.59 Å². The van der Waals surface area contributed by atoms with Crippen molar-refractivity contribution >= 4 is 23.5 Å². The van der Waals surface area contributed by atoms with E-state index in [1.165, 1.54) is 75.4 Å². The SMILES string of the molecule is COc1ccc([C@@H]2CC(=O)c3c(O)cc(O)cc3O2)cc1O.COc1ccc([C@H]2CC(=O)c3c(O)cc(O)cc3O2)cc1O.O=C(O)c1cccnc1.O=C(O)c1cccnc1. The molecule has 0 fully saturated rings. The Labute approximate surface area is 351 Å². The largest absolute Gasteiger partial charge is 0.508 e. The molecule has 0 amide bonds. The number of carbonyl (C=O) groups excluding carboxylic acids is 2. The number of ether oxygens (including phenoxy) is 4. The third-order valence-electron chi connectivity index (χ3n) is 8.94. The van der Waals surface area contributed by atoms with Crippen LogP contribution in [0.3, 0.4) is 0 Å². The molecule has 0 saturated carbocycles. The first-order chi connectivity index (χ1) is 29.6. The Bertz CT molecular complexity index is 2410. The van der Waals surface area contributed by atoms with Gasteiger partial charge < -0.3 is 59.8 Å². The van der Waals surface area contributed by atoms with Gasteiger partial charge in [-0.2, -0.15) is 0 Å². The first-order valence-corrected chi connectivity index (χ1v) is 18.1. The zero-order chi connectivity index (χ0) is 45.1. The zero-order valence-corrected chi connectivity index (χ0v) is 32.7. The summed E-state index contributed by atoms with van der Waals surface area (Å²) >= 11 is 0. The second-order valence-corrected chi connectivity index (χ2v) is 13.1. The molecule has 4 aromatic carbocycles. The van der Waals surface area contributed by atoms with Gasteiger partial charge in [-0.15, -0.1) is 0 Å². The molecule has 0 aliphatic carbocycles. The van der Waals surface area contributed by atoms with Gasteiger partial charge in [-0.1, -0.05) is 12.1 Å². The molecule has 8 rings (SSSR count). The van der Waals surface area contributed by atoms with Crippen LogP contribution in [0.4, 0.5) is 0 Å². The van der Waals surface area contributed by atoms with Crippen LogP contribution in [0.5, 0.6) is 57.5 Å². The van der Waals surface area contributed by atoms with Gasteiger partial charge in [-0.3, -0.25) is 19.6 Å². The fourth-order valence-electron chi connectivity index (χ4n) is 6.02. The van der Waals surface area contributed by atoms with E-state index in [0.29, 0.717) is 22.6 Å². The highest BCUT2D eigenvalue weighted by Gasteiger charge is 2.32. The lowest BCUT2D eigenvalue weighted by Gasteiger charge is -2.26. The third kappa shape index (κ3) is 10.9. The molecule has 0 saturated heterocycles. The smallest absolute Gasteiger partial charge is 0.337 e. The highest BCUT2D eigenvalue weighted by molar-refractivity contribution is 6.03. The van der Waals surface area contributed by atoms with Crippen LogP contribution >= 0.6 is 0 Å². The van der Waals surface area contributed by atoms with Crippen molar-refractivity contribution in [3.05, 3.63) is 143 Å². The van der Waals surface area contributed by atoms with Crippen molar-refractivity contribution in [2.24, 2.45) is 0 Å². The van der Waals surface area contributed by atoms with Gasteiger partial charge in [0, 0.05) is 49.1 Å².